The third-order valence-corrected chi connectivity index (χ3v) is 3.35. The summed E-state index contributed by atoms with van der Waals surface area (Å²) in [7, 11) is 1.75. The third kappa shape index (κ3) is 1.95. The van der Waals surface area contributed by atoms with Crippen LogP contribution in [-0.2, 0) is 4.79 Å². The molecule has 1 heterocycles. The van der Waals surface area contributed by atoms with Gasteiger partial charge in [0.1, 0.15) is 11.9 Å². The lowest BCUT2D eigenvalue weighted by atomic mass is 10.0. The number of carbonyl (C=O) groups excluding carboxylic acids is 1. The number of halogens is 1. The maximum absolute atomic E-state index is 13.0. The molecule has 0 spiro atoms. The van der Waals surface area contributed by atoms with E-state index in [4.69, 9.17) is 0 Å². The van der Waals surface area contributed by atoms with Crippen molar-refractivity contribution in [3.05, 3.63) is 59.9 Å². The molecule has 19 heavy (non-hydrogen) atoms. The zero-order chi connectivity index (χ0) is 13.4. The van der Waals surface area contributed by atoms with E-state index in [1.807, 2.05) is 24.3 Å². The molecule has 1 atom stereocenters. The van der Waals surface area contributed by atoms with Gasteiger partial charge < -0.3 is 10.2 Å². The van der Waals surface area contributed by atoms with Crippen molar-refractivity contribution in [1.82, 2.24) is 0 Å². The second-order valence-electron chi connectivity index (χ2n) is 4.54. The molecule has 1 amide bonds. The van der Waals surface area contributed by atoms with E-state index < -0.39 is 6.04 Å². The summed E-state index contributed by atoms with van der Waals surface area (Å²) in [6.07, 6.45) is 0. The fourth-order valence-electron chi connectivity index (χ4n) is 2.30. The molecule has 3 rings (SSSR count). The normalized spacial score (nSPS) is 17.9. The molecule has 3 nitrogen and oxygen atoms in total. The van der Waals surface area contributed by atoms with Crippen LogP contribution in [0, 0.1) is 5.82 Å². The summed E-state index contributed by atoms with van der Waals surface area (Å²) >= 11 is 0. The van der Waals surface area contributed by atoms with Gasteiger partial charge in [0, 0.05) is 7.05 Å². The van der Waals surface area contributed by atoms with Crippen molar-refractivity contribution in [2.75, 3.05) is 17.3 Å². The van der Waals surface area contributed by atoms with E-state index in [0.29, 0.717) is 0 Å². The van der Waals surface area contributed by atoms with E-state index in [0.717, 1.165) is 16.9 Å². The van der Waals surface area contributed by atoms with E-state index in [9.17, 15) is 9.18 Å². The molecule has 96 valence electrons. The highest BCUT2D eigenvalue weighted by Gasteiger charge is 2.30. The third-order valence-electron chi connectivity index (χ3n) is 3.35. The standard InChI is InChI=1S/C15H13FN2O/c1-18-13-5-3-2-4-12(13)17-14(15(18)19)10-6-8-11(16)9-7-10/h2-9,14,17H,1H3. The lowest BCUT2D eigenvalue weighted by Crippen LogP contribution is -2.39. The zero-order valence-corrected chi connectivity index (χ0v) is 10.4. The Kier molecular flexibility index (Phi) is 2.71. The Labute approximate surface area is 110 Å². The van der Waals surface area contributed by atoms with Crippen molar-refractivity contribution in [2.45, 2.75) is 6.04 Å². The summed E-state index contributed by atoms with van der Waals surface area (Å²) in [5, 5.41) is 3.20. The second-order valence-corrected chi connectivity index (χ2v) is 4.54. The SMILES string of the molecule is CN1C(=O)C(c2ccc(F)cc2)Nc2ccccc21. The maximum atomic E-state index is 13.0. The van der Waals surface area contributed by atoms with Gasteiger partial charge in [-0.25, -0.2) is 4.39 Å². The van der Waals surface area contributed by atoms with E-state index >= 15 is 0 Å². The minimum atomic E-state index is -0.472. The van der Waals surface area contributed by atoms with Crippen LogP contribution in [0.5, 0.6) is 0 Å². The van der Waals surface area contributed by atoms with Gasteiger partial charge in [-0.05, 0) is 29.8 Å². The number of carbonyl (C=O) groups is 1. The summed E-state index contributed by atoms with van der Waals surface area (Å²) < 4.78 is 13.0. The number of nitrogens with zero attached hydrogens (tertiary/aromatic N) is 1. The fraction of sp³-hybridized carbons (Fsp3) is 0.133. The minimum absolute atomic E-state index is 0.0506. The van der Waals surface area contributed by atoms with Crippen LogP contribution in [0.25, 0.3) is 0 Å². The number of anilines is 2. The first-order valence-electron chi connectivity index (χ1n) is 6.05. The summed E-state index contributed by atoms with van der Waals surface area (Å²) in [4.78, 5) is 14.0. The highest BCUT2D eigenvalue weighted by Crippen LogP contribution is 2.35. The number of rotatable bonds is 1. The number of amides is 1. The Bertz CT molecular complexity index is 624. The van der Waals surface area contributed by atoms with Gasteiger partial charge in [0.05, 0.1) is 11.4 Å². The van der Waals surface area contributed by atoms with Crippen molar-refractivity contribution < 1.29 is 9.18 Å². The van der Waals surface area contributed by atoms with Crippen molar-refractivity contribution in [3.8, 4) is 0 Å². The maximum Gasteiger partial charge on any atom is 0.253 e. The van der Waals surface area contributed by atoms with E-state index in [1.165, 1.54) is 12.1 Å². The average molecular weight is 256 g/mol. The molecule has 2 aromatic rings. The number of para-hydroxylation sites is 2. The van der Waals surface area contributed by atoms with Gasteiger partial charge in [0.2, 0.25) is 0 Å². The smallest absolute Gasteiger partial charge is 0.253 e. The van der Waals surface area contributed by atoms with Crippen molar-refractivity contribution in [2.24, 2.45) is 0 Å². The molecule has 1 N–H and O–H groups in total. The first kappa shape index (κ1) is 11.7. The fourth-order valence-corrected chi connectivity index (χ4v) is 2.30. The molecule has 0 radical (unpaired) electrons. The first-order chi connectivity index (χ1) is 9.16. The van der Waals surface area contributed by atoms with E-state index in [1.54, 1.807) is 24.1 Å². The lowest BCUT2D eigenvalue weighted by Gasteiger charge is -2.33. The number of nitrogens with one attached hydrogen (secondary N) is 1. The Balaban J connectivity index is 2.01. The predicted molar refractivity (Wildman–Crippen MR) is 72.6 cm³/mol. The van der Waals surface area contributed by atoms with Crippen LogP contribution in [0.15, 0.2) is 48.5 Å². The van der Waals surface area contributed by atoms with E-state index in [-0.39, 0.29) is 11.7 Å². The number of hydrogen-bond acceptors (Lipinski definition) is 2. The molecule has 2 aromatic carbocycles. The van der Waals surface area contributed by atoms with Gasteiger partial charge in [-0.2, -0.15) is 0 Å². The largest absolute Gasteiger partial charge is 0.368 e. The molecule has 1 unspecified atom stereocenters. The average Bonchev–Trinajstić information content (AvgIpc) is 2.44. The van der Waals surface area contributed by atoms with Gasteiger partial charge in [0.15, 0.2) is 0 Å². The number of hydrogen-bond donors (Lipinski definition) is 1. The summed E-state index contributed by atoms with van der Waals surface area (Å²) in [6, 6.07) is 13.1. The molecule has 4 heteroatoms. The van der Waals surface area contributed by atoms with Crippen LogP contribution in [0.3, 0.4) is 0 Å². The van der Waals surface area contributed by atoms with Gasteiger partial charge in [-0.3, -0.25) is 4.79 Å². The van der Waals surface area contributed by atoms with Gasteiger partial charge in [0.25, 0.3) is 5.91 Å². The molecule has 0 saturated carbocycles. The summed E-state index contributed by atoms with van der Waals surface area (Å²) in [5.41, 5.74) is 2.51. The second kappa shape index (κ2) is 4.39. The molecular weight excluding hydrogens is 243 g/mol. The van der Waals surface area contributed by atoms with Crippen molar-refractivity contribution in [1.29, 1.82) is 0 Å². The molecule has 1 aliphatic heterocycles. The Hall–Kier alpha value is -2.36. The Morgan fingerprint density at radius 3 is 2.53 bits per heavy atom. The van der Waals surface area contributed by atoms with Crippen LogP contribution in [-0.4, -0.2) is 13.0 Å². The van der Waals surface area contributed by atoms with Crippen molar-refractivity contribution in [3.63, 3.8) is 0 Å². The van der Waals surface area contributed by atoms with Crippen molar-refractivity contribution >= 4 is 17.3 Å². The lowest BCUT2D eigenvalue weighted by molar-refractivity contribution is -0.119. The van der Waals surface area contributed by atoms with Crippen LogP contribution in [0.4, 0.5) is 15.8 Å². The van der Waals surface area contributed by atoms with Crippen LogP contribution in [0.1, 0.15) is 11.6 Å². The molecule has 0 bridgehead atoms. The van der Waals surface area contributed by atoms with Gasteiger partial charge >= 0.3 is 0 Å². The quantitative estimate of drug-likeness (QED) is 0.850. The molecule has 0 aromatic heterocycles. The molecule has 1 aliphatic rings. The summed E-state index contributed by atoms with van der Waals surface area (Å²) in [6.45, 7) is 0. The number of likely N-dealkylation sites (N-methyl/N-ethyl adjacent to an activating group) is 1. The number of fused-ring (bicyclic) bond motifs is 1. The predicted octanol–water partition coefficient (Wildman–Crippen LogP) is 2.96. The molecule has 0 fully saturated rings. The Morgan fingerprint density at radius 1 is 1.11 bits per heavy atom. The van der Waals surface area contributed by atoms with E-state index in [2.05, 4.69) is 5.32 Å². The zero-order valence-electron chi connectivity index (χ0n) is 10.4. The molecule has 0 saturated heterocycles. The van der Waals surface area contributed by atoms with Gasteiger partial charge in [-0.1, -0.05) is 24.3 Å². The number of benzene rings is 2. The van der Waals surface area contributed by atoms with Gasteiger partial charge in [-0.15, -0.1) is 0 Å². The van der Waals surface area contributed by atoms with Crippen LogP contribution >= 0.6 is 0 Å². The topological polar surface area (TPSA) is 32.3 Å². The highest BCUT2D eigenvalue weighted by atomic mass is 19.1. The minimum Gasteiger partial charge on any atom is -0.368 e. The Morgan fingerprint density at radius 2 is 1.79 bits per heavy atom. The molecular formula is C15H13FN2O. The summed E-state index contributed by atoms with van der Waals surface area (Å²) in [5.74, 6) is -0.355. The van der Waals surface area contributed by atoms with Crippen LogP contribution in [0.2, 0.25) is 0 Å². The monoisotopic (exact) mass is 256 g/mol. The first-order valence-corrected chi connectivity index (χ1v) is 6.05. The highest BCUT2D eigenvalue weighted by molar-refractivity contribution is 6.04. The molecule has 0 aliphatic carbocycles. The van der Waals surface area contributed by atoms with Crippen LogP contribution < -0.4 is 10.2 Å².